The molecule has 3 aromatic carbocycles. The highest BCUT2D eigenvalue weighted by Gasteiger charge is 2.21. The molecule has 0 heterocycles. The fraction of sp³-hybridized carbons (Fsp3) is 0.143. The molecule has 2 nitrogen and oxygen atoms in total. The lowest BCUT2D eigenvalue weighted by Crippen LogP contribution is -2.06. The number of alkyl halides is 2. The molecule has 0 aliphatic carbocycles. The molecule has 7 heteroatoms. The van der Waals surface area contributed by atoms with Crippen LogP contribution >= 0.6 is 0 Å². The van der Waals surface area contributed by atoms with Gasteiger partial charge in [-0.15, -0.1) is 0 Å². The number of halogens is 5. The molecule has 3 rings (SSSR count). The van der Waals surface area contributed by atoms with Gasteiger partial charge in [-0.25, -0.2) is 13.2 Å². The first-order valence-electron chi connectivity index (χ1n) is 8.31. The van der Waals surface area contributed by atoms with E-state index < -0.39 is 35.2 Å². The minimum Gasteiger partial charge on any atom is -0.490 e. The first kappa shape index (κ1) is 19.7. The molecule has 0 saturated carbocycles. The second-order valence-electron chi connectivity index (χ2n) is 5.84. The van der Waals surface area contributed by atoms with Crippen LogP contribution in [0.25, 0.3) is 21.9 Å². The topological polar surface area (TPSA) is 18.5 Å². The number of ether oxygens (including phenoxy) is 2. The van der Waals surface area contributed by atoms with E-state index in [-0.39, 0.29) is 5.39 Å². The molecule has 0 atom stereocenters. The number of hydrogen-bond acceptors (Lipinski definition) is 2. The minimum atomic E-state index is -3.43. The molecule has 3 aromatic rings. The quantitative estimate of drug-likeness (QED) is 0.352. The van der Waals surface area contributed by atoms with E-state index in [1.165, 1.54) is 6.07 Å². The van der Waals surface area contributed by atoms with Crippen molar-refractivity contribution in [1.29, 1.82) is 0 Å². The van der Waals surface area contributed by atoms with Crippen LogP contribution in [0.5, 0.6) is 11.5 Å². The summed E-state index contributed by atoms with van der Waals surface area (Å²) in [7, 11) is 0. The molecule has 0 amide bonds. The van der Waals surface area contributed by atoms with Gasteiger partial charge in [-0.3, -0.25) is 0 Å². The zero-order chi connectivity index (χ0) is 20.3. The van der Waals surface area contributed by atoms with E-state index in [0.717, 1.165) is 12.1 Å². The first-order chi connectivity index (χ1) is 13.4. The number of allylic oxidation sites excluding steroid dienone is 1. The van der Waals surface area contributed by atoms with Crippen LogP contribution in [-0.4, -0.2) is 13.2 Å². The van der Waals surface area contributed by atoms with E-state index in [1.54, 1.807) is 24.3 Å². The molecule has 146 valence electrons. The van der Waals surface area contributed by atoms with E-state index in [2.05, 4.69) is 4.74 Å². The highest BCUT2D eigenvalue weighted by atomic mass is 19.3. The van der Waals surface area contributed by atoms with Crippen molar-refractivity contribution in [3.63, 3.8) is 0 Å². The molecule has 0 aliphatic rings. The van der Waals surface area contributed by atoms with Crippen molar-refractivity contribution in [3.8, 4) is 22.6 Å². The molecular weight excluding hydrogens is 379 g/mol. The van der Waals surface area contributed by atoms with Crippen LogP contribution in [0.1, 0.15) is 6.92 Å². The molecule has 0 fully saturated rings. The van der Waals surface area contributed by atoms with Crippen molar-refractivity contribution >= 4 is 10.8 Å². The lowest BCUT2D eigenvalue weighted by molar-refractivity contribution is -0.0544. The van der Waals surface area contributed by atoms with Gasteiger partial charge in [0, 0.05) is 0 Å². The molecule has 0 saturated heterocycles. The average molecular weight is 394 g/mol. The fourth-order valence-electron chi connectivity index (χ4n) is 2.74. The number of hydrogen-bond donors (Lipinski definition) is 0. The Kier molecular flexibility index (Phi) is 5.82. The van der Waals surface area contributed by atoms with E-state index in [1.807, 2.05) is 19.1 Å². The number of rotatable bonds is 6. The van der Waals surface area contributed by atoms with E-state index in [0.29, 0.717) is 23.5 Å². The monoisotopic (exact) mass is 394 g/mol. The van der Waals surface area contributed by atoms with Gasteiger partial charge in [-0.1, -0.05) is 24.3 Å². The summed E-state index contributed by atoms with van der Waals surface area (Å²) in [6.45, 7) is -1.16. The largest absolute Gasteiger partial charge is 0.490 e. The lowest BCUT2D eigenvalue weighted by Gasteiger charge is -2.12. The number of benzene rings is 3. The maximum absolute atomic E-state index is 14.5. The van der Waals surface area contributed by atoms with Crippen LogP contribution in [0, 0.1) is 17.5 Å². The van der Waals surface area contributed by atoms with E-state index in [4.69, 9.17) is 4.74 Å². The fourth-order valence-corrected chi connectivity index (χ4v) is 2.74. The van der Waals surface area contributed by atoms with Crippen molar-refractivity contribution in [2.75, 3.05) is 6.61 Å². The standard InChI is InChI=1S/C21H15F5O2/c1-2-3-8-27-15-6-4-12(5-7-15)13-9-14-11-17(23)20(28-21(25)26)19(24)18(14)16(22)10-13/h2-7,9-11,21H,8H2,1H3. The Morgan fingerprint density at radius 3 is 2.29 bits per heavy atom. The third-order valence-electron chi connectivity index (χ3n) is 4.02. The molecule has 0 aromatic heterocycles. The van der Waals surface area contributed by atoms with E-state index in [9.17, 15) is 22.0 Å². The Morgan fingerprint density at radius 2 is 1.64 bits per heavy atom. The van der Waals surface area contributed by atoms with Gasteiger partial charge in [0.15, 0.2) is 17.4 Å². The van der Waals surface area contributed by atoms with Crippen molar-refractivity contribution in [2.45, 2.75) is 13.5 Å². The van der Waals surface area contributed by atoms with Gasteiger partial charge >= 0.3 is 6.61 Å². The third kappa shape index (κ3) is 4.08. The smallest absolute Gasteiger partial charge is 0.387 e. The number of fused-ring (bicyclic) bond motifs is 1. The van der Waals surface area contributed by atoms with Crippen molar-refractivity contribution < 1.29 is 31.4 Å². The predicted octanol–water partition coefficient (Wildman–Crippen LogP) is 6.48. The molecule has 0 spiro atoms. The Morgan fingerprint density at radius 1 is 0.929 bits per heavy atom. The summed E-state index contributed by atoms with van der Waals surface area (Å²) in [5.74, 6) is -4.56. The van der Waals surface area contributed by atoms with Crippen LogP contribution in [0.2, 0.25) is 0 Å². The molecule has 0 bridgehead atoms. The minimum absolute atomic E-state index is 0.111. The zero-order valence-corrected chi connectivity index (χ0v) is 14.7. The van der Waals surface area contributed by atoms with Crippen LogP contribution < -0.4 is 9.47 Å². The average Bonchev–Trinajstić information content (AvgIpc) is 2.65. The van der Waals surface area contributed by atoms with Gasteiger partial charge in [0.2, 0.25) is 0 Å². The Hall–Kier alpha value is -3.09. The molecular formula is C21H15F5O2. The first-order valence-corrected chi connectivity index (χ1v) is 8.31. The summed E-state index contributed by atoms with van der Waals surface area (Å²) in [6.07, 6.45) is 3.68. The van der Waals surface area contributed by atoms with Crippen molar-refractivity contribution in [1.82, 2.24) is 0 Å². The van der Waals surface area contributed by atoms with E-state index >= 15 is 0 Å². The van der Waals surface area contributed by atoms with Gasteiger partial charge in [-0.05, 0) is 53.8 Å². The molecule has 0 radical (unpaired) electrons. The molecule has 0 aliphatic heterocycles. The highest BCUT2D eigenvalue weighted by molar-refractivity contribution is 5.89. The second-order valence-corrected chi connectivity index (χ2v) is 5.84. The SMILES string of the molecule is CC=CCOc1ccc(-c2cc(F)c3c(F)c(OC(F)F)c(F)cc3c2)cc1. The molecule has 28 heavy (non-hydrogen) atoms. The van der Waals surface area contributed by atoms with Crippen LogP contribution in [0.3, 0.4) is 0 Å². The predicted molar refractivity (Wildman–Crippen MR) is 96.2 cm³/mol. The van der Waals surface area contributed by atoms with Crippen molar-refractivity contribution in [2.24, 2.45) is 0 Å². The van der Waals surface area contributed by atoms with Gasteiger partial charge < -0.3 is 9.47 Å². The van der Waals surface area contributed by atoms with Crippen LogP contribution in [-0.2, 0) is 0 Å². The van der Waals surface area contributed by atoms with Gasteiger partial charge in [0.1, 0.15) is 18.2 Å². The van der Waals surface area contributed by atoms with Gasteiger partial charge in [-0.2, -0.15) is 8.78 Å². The lowest BCUT2D eigenvalue weighted by atomic mass is 10.00. The highest BCUT2D eigenvalue weighted by Crippen LogP contribution is 2.35. The Balaban J connectivity index is 2.00. The summed E-state index contributed by atoms with van der Waals surface area (Å²) in [4.78, 5) is 0. The third-order valence-corrected chi connectivity index (χ3v) is 4.02. The zero-order valence-electron chi connectivity index (χ0n) is 14.7. The Labute approximate surface area is 157 Å². The van der Waals surface area contributed by atoms with Crippen LogP contribution in [0.15, 0.2) is 54.6 Å². The molecule has 0 N–H and O–H groups in total. The summed E-state index contributed by atoms with van der Waals surface area (Å²) in [6, 6.07) is 9.89. The maximum Gasteiger partial charge on any atom is 0.387 e. The molecule has 0 unspecified atom stereocenters. The normalized spacial score (nSPS) is 11.5. The Bertz CT molecular complexity index is 1010. The summed E-state index contributed by atoms with van der Waals surface area (Å²) in [5, 5.41) is -0.730. The summed E-state index contributed by atoms with van der Waals surface area (Å²) < 4.78 is 76.8. The summed E-state index contributed by atoms with van der Waals surface area (Å²) in [5.41, 5.74) is 0.958. The summed E-state index contributed by atoms with van der Waals surface area (Å²) >= 11 is 0. The van der Waals surface area contributed by atoms with Gasteiger partial charge in [0.05, 0.1) is 5.39 Å². The van der Waals surface area contributed by atoms with Crippen molar-refractivity contribution in [3.05, 3.63) is 72.1 Å². The second kappa shape index (κ2) is 8.29. The van der Waals surface area contributed by atoms with Gasteiger partial charge in [0.25, 0.3) is 0 Å². The maximum atomic E-state index is 14.5. The van der Waals surface area contributed by atoms with Crippen LogP contribution in [0.4, 0.5) is 22.0 Å².